The molecule has 0 aliphatic carbocycles. The Balaban J connectivity index is 1.42. The van der Waals surface area contributed by atoms with Crippen molar-refractivity contribution >= 4 is 48.1 Å². The second-order valence-electron chi connectivity index (χ2n) is 7.54. The zero-order chi connectivity index (χ0) is 22.5. The summed E-state index contributed by atoms with van der Waals surface area (Å²) < 4.78 is 1.76. The first-order valence-corrected chi connectivity index (χ1v) is 11.3. The van der Waals surface area contributed by atoms with Crippen molar-refractivity contribution in [3.8, 4) is 17.0 Å². The first-order valence-electron chi connectivity index (χ1n) is 10.4. The average Bonchev–Trinajstić information content (AvgIpc) is 3.45. The van der Waals surface area contributed by atoms with Gasteiger partial charge < -0.3 is 15.3 Å². The van der Waals surface area contributed by atoms with Crippen molar-refractivity contribution < 1.29 is 9.90 Å². The lowest BCUT2D eigenvalue weighted by Crippen LogP contribution is -2.27. The van der Waals surface area contributed by atoms with Crippen LogP contribution >= 0.6 is 11.3 Å². The van der Waals surface area contributed by atoms with Crippen LogP contribution in [0.4, 0.5) is 5.82 Å². The monoisotopic (exact) mass is 445 g/mol. The number of amides is 1. The van der Waals surface area contributed by atoms with Gasteiger partial charge in [0.2, 0.25) is 5.91 Å². The number of nitrogens with one attached hydrogen (secondary N) is 1. The summed E-state index contributed by atoms with van der Waals surface area (Å²) in [4.78, 5) is 18.7. The Kier molecular flexibility index (Phi) is 6.56. The van der Waals surface area contributed by atoms with Crippen molar-refractivity contribution in [2.45, 2.75) is 6.42 Å². The molecule has 1 aromatic carbocycles. The van der Waals surface area contributed by atoms with Gasteiger partial charge in [-0.15, -0.1) is 0 Å². The maximum Gasteiger partial charge on any atom is 0.246 e. The number of aromatic hydroxyl groups is 1. The number of benzene rings is 1. The van der Waals surface area contributed by atoms with Crippen molar-refractivity contribution in [1.82, 2.24) is 19.5 Å². The van der Waals surface area contributed by atoms with E-state index >= 15 is 0 Å². The molecule has 0 spiro atoms. The first-order chi connectivity index (χ1) is 15.5. The molecule has 7 nitrogen and oxygen atoms in total. The van der Waals surface area contributed by atoms with Crippen LogP contribution in [-0.2, 0) is 4.79 Å². The number of carbonyl (C=O) groups is 1. The van der Waals surface area contributed by atoms with Gasteiger partial charge in [0, 0.05) is 44.0 Å². The van der Waals surface area contributed by atoms with E-state index in [1.54, 1.807) is 52.2 Å². The highest BCUT2D eigenvalue weighted by molar-refractivity contribution is 7.08. The van der Waals surface area contributed by atoms with E-state index in [2.05, 4.69) is 15.4 Å². The van der Waals surface area contributed by atoms with Crippen molar-refractivity contribution in [2.75, 3.05) is 25.5 Å². The number of phenols is 1. The molecule has 0 saturated heterocycles. The van der Waals surface area contributed by atoms with E-state index in [1.165, 1.54) is 0 Å². The lowest BCUT2D eigenvalue weighted by Gasteiger charge is -2.16. The molecule has 0 aliphatic heterocycles. The number of hydrogen-bond donors (Lipinski definition) is 2. The zero-order valence-electron chi connectivity index (χ0n) is 18.0. The average molecular weight is 445 g/mol. The number of thiophene rings is 1. The number of nitrogens with zero attached hydrogens (tertiary/aromatic N) is 4. The van der Waals surface area contributed by atoms with Gasteiger partial charge in [0.15, 0.2) is 5.65 Å². The van der Waals surface area contributed by atoms with E-state index in [1.807, 2.05) is 48.9 Å². The normalized spacial score (nSPS) is 11.3. The maximum atomic E-state index is 12.3. The van der Waals surface area contributed by atoms with Gasteiger partial charge in [0.05, 0.1) is 5.69 Å². The Morgan fingerprint density at radius 1 is 1.34 bits per heavy atom. The topological polar surface area (TPSA) is 82.8 Å². The molecule has 1 amide bonds. The molecule has 0 aliphatic rings. The second-order valence-corrected chi connectivity index (χ2v) is 8.32. The van der Waals surface area contributed by atoms with E-state index in [9.17, 15) is 9.90 Å². The summed E-state index contributed by atoms with van der Waals surface area (Å²) in [6.45, 7) is 1.28. The molecule has 0 fully saturated rings. The lowest BCUT2D eigenvalue weighted by atomic mass is 10.0. The number of likely N-dealkylation sites (N-methyl/N-ethyl adjacent to an activating group) is 1. The number of anilines is 1. The summed E-state index contributed by atoms with van der Waals surface area (Å²) in [6, 6.07) is 11.0. The van der Waals surface area contributed by atoms with Crippen LogP contribution in [0, 0.1) is 0 Å². The van der Waals surface area contributed by atoms with Gasteiger partial charge in [0.25, 0.3) is 0 Å². The summed E-state index contributed by atoms with van der Waals surface area (Å²) in [5, 5.41) is 22.1. The highest BCUT2D eigenvalue weighted by Gasteiger charge is 2.13. The molecular weight excluding hydrogens is 421 g/mol. The number of hydrogen-bond acceptors (Lipinski definition) is 6. The van der Waals surface area contributed by atoms with Crippen molar-refractivity contribution in [3.05, 3.63) is 65.0 Å². The van der Waals surface area contributed by atoms with Crippen LogP contribution in [0.2, 0.25) is 0 Å². The SMILES string of the molecule is Bc1cnn2c(NCCCN(C)C(=O)/C=C/c3ccsc3)cc(-c3ccccc3O)nc12. The Morgan fingerprint density at radius 3 is 2.97 bits per heavy atom. The standard InChI is InChI=1S/C23H24BN5O2S/c1-28(22(31)8-7-16-9-12-32-15-16)11-4-10-25-21-13-19(17-5-2-3-6-20(17)30)27-23-18(24)14-26-29(21)23/h2-3,5-9,12-15,25,30H,4,10-11,24H2,1H3/b8-7+. The zero-order valence-corrected chi connectivity index (χ0v) is 18.8. The van der Waals surface area contributed by atoms with Crippen LogP contribution in [0.1, 0.15) is 12.0 Å². The fourth-order valence-electron chi connectivity index (χ4n) is 3.33. The van der Waals surface area contributed by atoms with Crippen molar-refractivity contribution in [1.29, 1.82) is 0 Å². The van der Waals surface area contributed by atoms with Crippen LogP contribution in [0.25, 0.3) is 23.0 Å². The van der Waals surface area contributed by atoms with E-state index in [0.29, 0.717) is 24.3 Å². The van der Waals surface area contributed by atoms with Crippen LogP contribution in [-0.4, -0.2) is 58.5 Å². The fraction of sp³-hybridized carbons (Fsp3) is 0.174. The largest absolute Gasteiger partial charge is 0.507 e. The first kappa shape index (κ1) is 21.6. The molecule has 2 N–H and O–H groups in total. The number of aromatic nitrogens is 3. The summed E-state index contributed by atoms with van der Waals surface area (Å²) in [6.07, 6.45) is 5.98. The molecule has 9 heteroatoms. The highest BCUT2D eigenvalue weighted by atomic mass is 32.1. The number of carbonyl (C=O) groups excluding carboxylic acids is 1. The summed E-state index contributed by atoms with van der Waals surface area (Å²) in [5.74, 6) is 0.947. The van der Waals surface area contributed by atoms with Gasteiger partial charge in [-0.25, -0.2) is 4.98 Å². The van der Waals surface area contributed by atoms with Gasteiger partial charge in [-0.3, -0.25) is 4.79 Å². The molecule has 0 radical (unpaired) electrons. The maximum absolute atomic E-state index is 12.3. The van der Waals surface area contributed by atoms with Gasteiger partial charge in [-0.1, -0.05) is 12.1 Å². The van der Waals surface area contributed by atoms with Crippen molar-refractivity contribution in [2.24, 2.45) is 0 Å². The van der Waals surface area contributed by atoms with Crippen molar-refractivity contribution in [3.63, 3.8) is 0 Å². The predicted octanol–water partition coefficient (Wildman–Crippen LogP) is 2.40. The Morgan fingerprint density at radius 2 is 2.19 bits per heavy atom. The van der Waals surface area contributed by atoms with Crippen LogP contribution < -0.4 is 10.8 Å². The third-order valence-corrected chi connectivity index (χ3v) is 5.84. The molecule has 0 unspecified atom stereocenters. The molecule has 0 saturated carbocycles. The van der Waals surface area contributed by atoms with E-state index in [0.717, 1.165) is 28.9 Å². The van der Waals surface area contributed by atoms with Gasteiger partial charge >= 0.3 is 0 Å². The molecule has 0 atom stereocenters. The molecular formula is C23H24BN5O2S. The summed E-state index contributed by atoms with van der Waals surface area (Å²) >= 11 is 1.61. The molecule has 4 aromatic rings. The lowest BCUT2D eigenvalue weighted by molar-refractivity contribution is -0.124. The Bertz CT molecular complexity index is 1250. The van der Waals surface area contributed by atoms with E-state index in [4.69, 9.17) is 0 Å². The predicted molar refractivity (Wildman–Crippen MR) is 132 cm³/mol. The smallest absolute Gasteiger partial charge is 0.246 e. The number of para-hydroxylation sites is 1. The van der Waals surface area contributed by atoms with Gasteiger partial charge in [0.1, 0.15) is 19.4 Å². The number of fused-ring (bicyclic) bond motifs is 1. The third-order valence-electron chi connectivity index (χ3n) is 5.14. The van der Waals surface area contributed by atoms with Crippen LogP contribution in [0.3, 0.4) is 0 Å². The second kappa shape index (κ2) is 9.70. The Hall–Kier alpha value is -3.59. The third kappa shape index (κ3) is 4.83. The minimum atomic E-state index is -0.0213. The van der Waals surface area contributed by atoms with Gasteiger partial charge in [-0.05, 0) is 52.5 Å². The molecule has 3 heterocycles. The van der Waals surface area contributed by atoms with E-state index in [-0.39, 0.29) is 11.7 Å². The molecule has 4 rings (SSSR count). The minimum absolute atomic E-state index is 0.0213. The van der Waals surface area contributed by atoms with E-state index < -0.39 is 0 Å². The summed E-state index contributed by atoms with van der Waals surface area (Å²) in [7, 11) is 3.76. The number of phenolic OH excluding ortho intramolecular Hbond substituents is 1. The Labute approximate surface area is 191 Å². The van der Waals surface area contributed by atoms with Crippen LogP contribution in [0.15, 0.2) is 59.4 Å². The fourth-order valence-corrected chi connectivity index (χ4v) is 3.96. The van der Waals surface area contributed by atoms with Gasteiger partial charge in [-0.2, -0.15) is 21.0 Å². The summed E-state index contributed by atoms with van der Waals surface area (Å²) in [5.41, 5.74) is 4.07. The molecule has 162 valence electrons. The highest BCUT2D eigenvalue weighted by Crippen LogP contribution is 2.29. The molecule has 32 heavy (non-hydrogen) atoms. The number of rotatable bonds is 8. The minimum Gasteiger partial charge on any atom is -0.507 e. The van der Waals surface area contributed by atoms with Crippen LogP contribution in [0.5, 0.6) is 5.75 Å². The molecule has 0 bridgehead atoms. The quantitative estimate of drug-likeness (QED) is 0.247. The molecule has 3 aromatic heterocycles.